The highest BCUT2D eigenvalue weighted by Crippen LogP contribution is 2.23. The highest BCUT2D eigenvalue weighted by atomic mass is 16.5. The van der Waals surface area contributed by atoms with Crippen LogP contribution in [0.3, 0.4) is 0 Å². The molecule has 31 heavy (non-hydrogen) atoms. The van der Waals surface area contributed by atoms with Crippen LogP contribution in [-0.4, -0.2) is 18.3 Å². The molecule has 0 spiro atoms. The van der Waals surface area contributed by atoms with Crippen LogP contribution in [0.5, 0.6) is 5.75 Å². The zero-order valence-corrected chi connectivity index (χ0v) is 20.6. The molecule has 0 atom stereocenters. The minimum absolute atomic E-state index is 0.323. The summed E-state index contributed by atoms with van der Waals surface area (Å²) in [6, 6.07) is 5.69. The van der Waals surface area contributed by atoms with Crippen molar-refractivity contribution in [2.75, 3.05) is 13.2 Å². The van der Waals surface area contributed by atoms with E-state index >= 15 is 0 Å². The molecule has 0 aliphatic rings. The number of unbranched alkanes of at least 4 members (excludes halogenated alkanes) is 14. The molecule has 0 aromatic heterocycles. The third-order valence-corrected chi connectivity index (χ3v) is 6.04. The Labute approximate surface area is 192 Å². The van der Waals surface area contributed by atoms with Crippen molar-refractivity contribution >= 4 is 0 Å². The predicted molar refractivity (Wildman–Crippen MR) is 133 cm³/mol. The minimum atomic E-state index is 0.323. The smallest absolute Gasteiger partial charge is 0.121 e. The molecule has 180 valence electrons. The van der Waals surface area contributed by atoms with Gasteiger partial charge in [0, 0.05) is 18.8 Å². The van der Waals surface area contributed by atoms with Gasteiger partial charge in [0.25, 0.3) is 0 Å². The van der Waals surface area contributed by atoms with Gasteiger partial charge in [-0.2, -0.15) is 0 Å². The van der Waals surface area contributed by atoms with Gasteiger partial charge in [-0.15, -0.1) is 0 Å². The van der Waals surface area contributed by atoms with Gasteiger partial charge >= 0.3 is 0 Å². The number of benzene rings is 1. The van der Waals surface area contributed by atoms with Gasteiger partial charge in [0.2, 0.25) is 0 Å². The summed E-state index contributed by atoms with van der Waals surface area (Å²) in [6.07, 6.45) is 20.9. The first-order chi connectivity index (χ1) is 15.3. The number of rotatable bonds is 22. The van der Waals surface area contributed by atoms with Gasteiger partial charge in [-0.3, -0.25) is 0 Å². The van der Waals surface area contributed by atoms with E-state index in [1.54, 1.807) is 6.07 Å². The summed E-state index contributed by atoms with van der Waals surface area (Å²) in [5.74, 6) is 0.323. The van der Waals surface area contributed by atoms with Crippen LogP contribution in [-0.2, 0) is 22.7 Å². The molecule has 0 heterocycles. The van der Waals surface area contributed by atoms with E-state index in [2.05, 4.69) is 13.8 Å². The lowest BCUT2D eigenvalue weighted by molar-refractivity contribution is 0.102. The lowest BCUT2D eigenvalue weighted by atomic mass is 10.1. The summed E-state index contributed by atoms with van der Waals surface area (Å²) < 4.78 is 11.8. The lowest BCUT2D eigenvalue weighted by Gasteiger charge is -2.13. The molecule has 3 nitrogen and oxygen atoms in total. The van der Waals surface area contributed by atoms with Crippen molar-refractivity contribution in [3.8, 4) is 5.75 Å². The molecule has 0 aliphatic carbocycles. The standard InChI is InChI=1S/C28H50O3/c1-3-5-7-9-11-13-15-17-22-30-24-26-20-19-21-28(29)27(26)25-31-23-18-16-14-12-10-8-6-4-2/h19-21,29H,3-18,22-25H2,1-2H3. The first-order valence-corrected chi connectivity index (χ1v) is 13.2. The van der Waals surface area contributed by atoms with Gasteiger partial charge in [-0.1, -0.05) is 116 Å². The molecule has 1 rings (SSSR count). The van der Waals surface area contributed by atoms with E-state index in [0.29, 0.717) is 19.0 Å². The molecule has 0 unspecified atom stereocenters. The summed E-state index contributed by atoms with van der Waals surface area (Å²) in [7, 11) is 0. The molecule has 1 N–H and O–H groups in total. The molecule has 0 saturated heterocycles. The summed E-state index contributed by atoms with van der Waals surface area (Å²) in [5.41, 5.74) is 1.94. The second-order valence-electron chi connectivity index (χ2n) is 8.97. The Balaban J connectivity index is 2.11. The van der Waals surface area contributed by atoms with Crippen molar-refractivity contribution < 1.29 is 14.6 Å². The molecule has 0 amide bonds. The molecule has 0 fully saturated rings. The van der Waals surface area contributed by atoms with Crippen molar-refractivity contribution in [1.82, 2.24) is 0 Å². The number of ether oxygens (including phenoxy) is 2. The second kappa shape index (κ2) is 20.8. The zero-order valence-electron chi connectivity index (χ0n) is 20.6. The fraction of sp³-hybridized carbons (Fsp3) is 0.786. The minimum Gasteiger partial charge on any atom is -0.508 e. The second-order valence-corrected chi connectivity index (χ2v) is 8.97. The Bertz CT molecular complexity index is 515. The molecule has 0 radical (unpaired) electrons. The molecule has 3 heteroatoms. The fourth-order valence-electron chi connectivity index (χ4n) is 3.96. The van der Waals surface area contributed by atoms with E-state index in [1.165, 1.54) is 89.9 Å². The molecule has 0 bridgehead atoms. The van der Waals surface area contributed by atoms with E-state index < -0.39 is 0 Å². The van der Waals surface area contributed by atoms with Crippen LogP contribution in [0.2, 0.25) is 0 Å². The zero-order chi connectivity index (χ0) is 22.4. The van der Waals surface area contributed by atoms with E-state index in [0.717, 1.165) is 37.2 Å². The number of phenols is 1. The average Bonchev–Trinajstić information content (AvgIpc) is 2.77. The predicted octanol–water partition coefficient (Wildman–Crippen LogP) is 8.71. The van der Waals surface area contributed by atoms with Gasteiger partial charge in [-0.05, 0) is 24.5 Å². The van der Waals surface area contributed by atoms with E-state index in [9.17, 15) is 5.11 Å². The highest BCUT2D eigenvalue weighted by Gasteiger charge is 2.08. The maximum absolute atomic E-state index is 10.3. The van der Waals surface area contributed by atoms with Crippen molar-refractivity contribution in [3.63, 3.8) is 0 Å². The topological polar surface area (TPSA) is 38.7 Å². The van der Waals surface area contributed by atoms with Gasteiger partial charge in [-0.25, -0.2) is 0 Å². The van der Waals surface area contributed by atoms with Gasteiger partial charge in [0.05, 0.1) is 13.2 Å². The number of aromatic hydroxyl groups is 1. The number of hydrogen-bond acceptors (Lipinski definition) is 3. The summed E-state index contributed by atoms with van der Waals surface area (Å²) in [6.45, 7) is 7.11. The summed E-state index contributed by atoms with van der Waals surface area (Å²) in [5, 5.41) is 10.3. The fourth-order valence-corrected chi connectivity index (χ4v) is 3.96. The van der Waals surface area contributed by atoms with Gasteiger partial charge in [0.15, 0.2) is 0 Å². The molecule has 1 aromatic rings. The third kappa shape index (κ3) is 15.4. The van der Waals surface area contributed by atoms with Crippen molar-refractivity contribution in [3.05, 3.63) is 29.3 Å². The SMILES string of the molecule is CCCCCCCCCCOCc1cccc(O)c1COCCCCCCCCCC. The van der Waals surface area contributed by atoms with Crippen LogP contribution in [0.4, 0.5) is 0 Å². The van der Waals surface area contributed by atoms with Gasteiger partial charge in [0.1, 0.15) is 5.75 Å². The summed E-state index contributed by atoms with van der Waals surface area (Å²) in [4.78, 5) is 0. The molecule has 1 aromatic carbocycles. The number of hydrogen-bond donors (Lipinski definition) is 1. The van der Waals surface area contributed by atoms with Crippen LogP contribution < -0.4 is 0 Å². The maximum Gasteiger partial charge on any atom is 0.121 e. The quantitative estimate of drug-likeness (QED) is 0.185. The Morgan fingerprint density at radius 2 is 1.03 bits per heavy atom. The van der Waals surface area contributed by atoms with Crippen LogP contribution in [0, 0.1) is 0 Å². The monoisotopic (exact) mass is 434 g/mol. The molecule has 0 saturated carbocycles. The first kappa shape index (κ1) is 28.0. The maximum atomic E-state index is 10.3. The molecular formula is C28H50O3. The largest absolute Gasteiger partial charge is 0.508 e. The van der Waals surface area contributed by atoms with E-state index in [4.69, 9.17) is 9.47 Å². The molecule has 0 aliphatic heterocycles. The van der Waals surface area contributed by atoms with Crippen LogP contribution in [0.1, 0.15) is 128 Å². The number of phenolic OH excluding ortho intramolecular Hbond substituents is 1. The van der Waals surface area contributed by atoms with Crippen LogP contribution in [0.25, 0.3) is 0 Å². The van der Waals surface area contributed by atoms with E-state index in [1.807, 2.05) is 12.1 Å². The van der Waals surface area contributed by atoms with Crippen molar-refractivity contribution in [2.45, 2.75) is 130 Å². The van der Waals surface area contributed by atoms with Crippen molar-refractivity contribution in [2.24, 2.45) is 0 Å². The Morgan fingerprint density at radius 1 is 0.581 bits per heavy atom. The van der Waals surface area contributed by atoms with E-state index in [-0.39, 0.29) is 0 Å². The average molecular weight is 435 g/mol. The van der Waals surface area contributed by atoms with Crippen LogP contribution >= 0.6 is 0 Å². The molecular weight excluding hydrogens is 384 g/mol. The Hall–Kier alpha value is -1.06. The third-order valence-electron chi connectivity index (χ3n) is 6.04. The summed E-state index contributed by atoms with van der Waals surface area (Å²) >= 11 is 0. The Morgan fingerprint density at radius 3 is 1.55 bits per heavy atom. The first-order valence-electron chi connectivity index (χ1n) is 13.2. The van der Waals surface area contributed by atoms with Gasteiger partial charge < -0.3 is 14.6 Å². The Kier molecular flexibility index (Phi) is 18.8. The van der Waals surface area contributed by atoms with Crippen LogP contribution in [0.15, 0.2) is 18.2 Å². The van der Waals surface area contributed by atoms with Crippen molar-refractivity contribution in [1.29, 1.82) is 0 Å². The normalized spacial score (nSPS) is 11.3. The lowest BCUT2D eigenvalue weighted by Crippen LogP contribution is -2.03. The highest BCUT2D eigenvalue weighted by molar-refractivity contribution is 5.38.